The first kappa shape index (κ1) is 19.2. The van der Waals surface area contributed by atoms with E-state index in [0.29, 0.717) is 12.1 Å². The number of hydrogen-bond donors (Lipinski definition) is 3. The summed E-state index contributed by atoms with van der Waals surface area (Å²) in [6, 6.07) is 14.4. The smallest absolute Gasteiger partial charge is 0.251 e. The summed E-state index contributed by atoms with van der Waals surface area (Å²) in [5.41, 5.74) is 3.16. The molecule has 0 bridgehead atoms. The Hall–Kier alpha value is -3.15. The minimum Gasteiger partial charge on any atom is -0.352 e. The average Bonchev–Trinajstić information content (AvgIpc) is 2.65. The first-order valence-corrected chi connectivity index (χ1v) is 8.49. The Balaban J connectivity index is 1.85. The fraction of sp³-hybridized carbons (Fsp3) is 0.250. The number of benzene rings is 2. The van der Waals surface area contributed by atoms with E-state index < -0.39 is 0 Å². The van der Waals surface area contributed by atoms with Gasteiger partial charge in [0.05, 0.1) is 6.54 Å². The Kier molecular flexibility index (Phi) is 6.91. The van der Waals surface area contributed by atoms with Crippen molar-refractivity contribution in [3.63, 3.8) is 0 Å². The summed E-state index contributed by atoms with van der Waals surface area (Å²) in [7, 11) is 0. The first-order chi connectivity index (χ1) is 12.5. The lowest BCUT2D eigenvalue weighted by atomic mass is 10.1. The third kappa shape index (κ3) is 5.73. The van der Waals surface area contributed by atoms with Gasteiger partial charge in [-0.2, -0.15) is 0 Å². The standard InChI is InChI=1S/C20H23N3O3/c1-3-16-6-4-5-7-18(16)23-19(25)13-22-20(26)17-10-8-15(9-11-17)12-21-14(2)24/h4-11H,3,12-13H2,1-2H3,(H,21,24)(H,22,26)(H,23,25). The molecule has 0 fully saturated rings. The van der Waals surface area contributed by atoms with Crippen molar-refractivity contribution in [3.8, 4) is 0 Å². The SMILES string of the molecule is CCc1ccccc1NC(=O)CNC(=O)c1ccc(CNC(C)=O)cc1. The summed E-state index contributed by atoms with van der Waals surface area (Å²) in [6.45, 7) is 3.77. The highest BCUT2D eigenvalue weighted by atomic mass is 16.2. The molecule has 0 saturated heterocycles. The van der Waals surface area contributed by atoms with Crippen LogP contribution in [0.5, 0.6) is 0 Å². The Morgan fingerprint density at radius 3 is 2.27 bits per heavy atom. The maximum Gasteiger partial charge on any atom is 0.251 e. The van der Waals surface area contributed by atoms with Gasteiger partial charge in [-0.15, -0.1) is 0 Å². The zero-order valence-corrected chi connectivity index (χ0v) is 15.0. The zero-order valence-electron chi connectivity index (χ0n) is 15.0. The Morgan fingerprint density at radius 2 is 1.62 bits per heavy atom. The summed E-state index contributed by atoms with van der Waals surface area (Å²) >= 11 is 0. The van der Waals surface area contributed by atoms with Crippen LogP contribution in [0.4, 0.5) is 5.69 Å². The van der Waals surface area contributed by atoms with Gasteiger partial charge in [-0.05, 0) is 35.7 Å². The fourth-order valence-electron chi connectivity index (χ4n) is 2.41. The summed E-state index contributed by atoms with van der Waals surface area (Å²) in [6.07, 6.45) is 0.813. The van der Waals surface area contributed by atoms with Crippen molar-refractivity contribution < 1.29 is 14.4 Å². The highest BCUT2D eigenvalue weighted by Crippen LogP contribution is 2.15. The second kappa shape index (κ2) is 9.36. The third-order valence-electron chi connectivity index (χ3n) is 3.84. The number of hydrogen-bond acceptors (Lipinski definition) is 3. The van der Waals surface area contributed by atoms with Crippen molar-refractivity contribution >= 4 is 23.4 Å². The Labute approximate surface area is 153 Å². The van der Waals surface area contributed by atoms with Crippen LogP contribution in [0.1, 0.15) is 35.3 Å². The largest absolute Gasteiger partial charge is 0.352 e. The summed E-state index contributed by atoms with van der Waals surface area (Å²) in [5, 5.41) is 8.11. The average molecular weight is 353 g/mol. The van der Waals surface area contributed by atoms with Gasteiger partial charge < -0.3 is 16.0 Å². The van der Waals surface area contributed by atoms with Gasteiger partial charge in [-0.25, -0.2) is 0 Å². The number of rotatable bonds is 7. The van der Waals surface area contributed by atoms with Crippen LogP contribution in [-0.4, -0.2) is 24.3 Å². The Bertz CT molecular complexity index is 785. The zero-order chi connectivity index (χ0) is 18.9. The van der Waals surface area contributed by atoms with Crippen LogP contribution in [0.25, 0.3) is 0 Å². The van der Waals surface area contributed by atoms with Gasteiger partial charge in [0.25, 0.3) is 5.91 Å². The molecule has 0 unspecified atom stereocenters. The molecular formula is C20H23N3O3. The van der Waals surface area contributed by atoms with Crippen molar-refractivity contribution in [1.29, 1.82) is 0 Å². The molecule has 0 aliphatic carbocycles. The van der Waals surface area contributed by atoms with Crippen LogP contribution in [0, 0.1) is 0 Å². The molecular weight excluding hydrogens is 330 g/mol. The van der Waals surface area contributed by atoms with Gasteiger partial charge in [0.1, 0.15) is 0 Å². The quantitative estimate of drug-likeness (QED) is 0.713. The molecule has 2 aromatic carbocycles. The summed E-state index contributed by atoms with van der Waals surface area (Å²) in [4.78, 5) is 35.1. The highest BCUT2D eigenvalue weighted by Gasteiger charge is 2.09. The Morgan fingerprint density at radius 1 is 0.923 bits per heavy atom. The van der Waals surface area contributed by atoms with E-state index in [1.54, 1.807) is 24.3 Å². The van der Waals surface area contributed by atoms with Crippen LogP contribution >= 0.6 is 0 Å². The molecule has 0 saturated carbocycles. The fourth-order valence-corrected chi connectivity index (χ4v) is 2.41. The predicted octanol–water partition coefficient (Wildman–Crippen LogP) is 2.25. The topological polar surface area (TPSA) is 87.3 Å². The first-order valence-electron chi connectivity index (χ1n) is 8.49. The van der Waals surface area contributed by atoms with Crippen LogP contribution in [0.15, 0.2) is 48.5 Å². The molecule has 6 heteroatoms. The third-order valence-corrected chi connectivity index (χ3v) is 3.84. The molecule has 3 N–H and O–H groups in total. The van der Waals surface area contributed by atoms with E-state index in [9.17, 15) is 14.4 Å². The van der Waals surface area contributed by atoms with Gasteiger partial charge in [0.15, 0.2) is 0 Å². The van der Waals surface area contributed by atoms with E-state index >= 15 is 0 Å². The summed E-state index contributed by atoms with van der Waals surface area (Å²) < 4.78 is 0. The lowest BCUT2D eigenvalue weighted by Crippen LogP contribution is -2.33. The number of carbonyl (C=O) groups is 3. The molecule has 0 atom stereocenters. The molecule has 6 nitrogen and oxygen atoms in total. The van der Waals surface area contributed by atoms with Crippen LogP contribution in [-0.2, 0) is 22.6 Å². The predicted molar refractivity (Wildman–Crippen MR) is 101 cm³/mol. The van der Waals surface area contributed by atoms with E-state index in [0.717, 1.165) is 23.2 Å². The van der Waals surface area contributed by atoms with E-state index in [4.69, 9.17) is 0 Å². The molecule has 0 aliphatic rings. The van der Waals surface area contributed by atoms with Crippen molar-refractivity contribution in [2.75, 3.05) is 11.9 Å². The van der Waals surface area contributed by atoms with E-state index in [-0.39, 0.29) is 24.3 Å². The second-order valence-corrected chi connectivity index (χ2v) is 5.85. The number of amides is 3. The van der Waals surface area contributed by atoms with Crippen molar-refractivity contribution in [1.82, 2.24) is 10.6 Å². The van der Waals surface area contributed by atoms with Crippen LogP contribution in [0.2, 0.25) is 0 Å². The molecule has 2 rings (SSSR count). The summed E-state index contributed by atoms with van der Waals surface area (Å²) in [5.74, 6) is -0.709. The number of nitrogens with one attached hydrogen (secondary N) is 3. The molecule has 0 aromatic heterocycles. The van der Waals surface area contributed by atoms with E-state index in [1.165, 1.54) is 6.92 Å². The van der Waals surface area contributed by atoms with Gasteiger partial charge in [-0.1, -0.05) is 37.3 Å². The second-order valence-electron chi connectivity index (χ2n) is 5.85. The molecule has 136 valence electrons. The molecule has 0 aliphatic heterocycles. The van der Waals surface area contributed by atoms with E-state index in [1.807, 2.05) is 31.2 Å². The molecule has 0 spiro atoms. The molecule has 2 aromatic rings. The minimum atomic E-state index is -0.324. The number of carbonyl (C=O) groups excluding carboxylic acids is 3. The molecule has 0 heterocycles. The van der Waals surface area contributed by atoms with Gasteiger partial charge in [0, 0.05) is 24.7 Å². The van der Waals surface area contributed by atoms with Gasteiger partial charge >= 0.3 is 0 Å². The lowest BCUT2D eigenvalue weighted by molar-refractivity contribution is -0.119. The monoisotopic (exact) mass is 353 g/mol. The molecule has 0 radical (unpaired) electrons. The molecule has 26 heavy (non-hydrogen) atoms. The van der Waals surface area contributed by atoms with Gasteiger partial charge in [-0.3, -0.25) is 14.4 Å². The normalized spacial score (nSPS) is 10.1. The van der Waals surface area contributed by atoms with Gasteiger partial charge in [0.2, 0.25) is 11.8 Å². The number of aryl methyl sites for hydroxylation is 1. The van der Waals surface area contributed by atoms with Crippen molar-refractivity contribution in [3.05, 3.63) is 65.2 Å². The maximum atomic E-state index is 12.1. The van der Waals surface area contributed by atoms with Crippen molar-refractivity contribution in [2.45, 2.75) is 26.8 Å². The lowest BCUT2D eigenvalue weighted by Gasteiger charge is -2.10. The highest BCUT2D eigenvalue weighted by molar-refractivity contribution is 5.99. The molecule has 3 amide bonds. The maximum absolute atomic E-state index is 12.1. The van der Waals surface area contributed by atoms with E-state index in [2.05, 4.69) is 16.0 Å². The number of anilines is 1. The number of para-hydroxylation sites is 1. The minimum absolute atomic E-state index is 0.107. The van der Waals surface area contributed by atoms with Crippen LogP contribution < -0.4 is 16.0 Å². The van der Waals surface area contributed by atoms with Crippen LogP contribution in [0.3, 0.4) is 0 Å². The van der Waals surface area contributed by atoms with Crippen molar-refractivity contribution in [2.24, 2.45) is 0 Å².